The molecule has 0 radical (unpaired) electrons. The van der Waals surface area contributed by atoms with E-state index in [4.69, 9.17) is 5.73 Å². The van der Waals surface area contributed by atoms with Gasteiger partial charge in [0, 0.05) is 18.8 Å². The van der Waals surface area contributed by atoms with Gasteiger partial charge >= 0.3 is 6.18 Å². The maximum atomic E-state index is 14.8. The molecule has 3 rings (SSSR count). The highest BCUT2D eigenvalue weighted by molar-refractivity contribution is 5.95. The molecule has 0 unspecified atom stereocenters. The highest BCUT2D eigenvalue weighted by Crippen LogP contribution is 2.32. The summed E-state index contributed by atoms with van der Waals surface area (Å²) in [4.78, 5) is 36.8. The van der Waals surface area contributed by atoms with Crippen LogP contribution in [0.5, 0.6) is 0 Å². The van der Waals surface area contributed by atoms with Crippen LogP contribution in [0.1, 0.15) is 44.9 Å². The number of nitrogens with two attached hydrogens (primary N) is 1. The number of hydrogen-bond acceptors (Lipinski definition) is 5. The van der Waals surface area contributed by atoms with Crippen LogP contribution in [-0.2, 0) is 6.18 Å². The van der Waals surface area contributed by atoms with Crippen molar-refractivity contribution in [3.05, 3.63) is 87.1 Å². The lowest BCUT2D eigenvalue weighted by atomic mass is 10.0. The lowest BCUT2D eigenvalue weighted by Crippen LogP contribution is -2.31. The van der Waals surface area contributed by atoms with E-state index in [1.54, 1.807) is 0 Å². The van der Waals surface area contributed by atoms with Gasteiger partial charge in [-0.2, -0.15) is 23.0 Å². The molecule has 2 aromatic carbocycles. The Bertz CT molecular complexity index is 1320. The number of nitrogen functional groups attached to an aromatic ring is 1. The average molecular weight is 477 g/mol. The molecular weight excluding hydrogens is 458 g/mol. The fourth-order valence-corrected chi connectivity index (χ4v) is 3.14. The zero-order valence-corrected chi connectivity index (χ0v) is 17.9. The molecule has 2 amide bonds. The van der Waals surface area contributed by atoms with Gasteiger partial charge in [-0.3, -0.25) is 14.4 Å². The number of amides is 2. The third kappa shape index (κ3) is 5.05. The van der Waals surface area contributed by atoms with Crippen molar-refractivity contribution in [3.63, 3.8) is 0 Å². The number of benzene rings is 2. The molecule has 12 heteroatoms. The predicted molar refractivity (Wildman–Crippen MR) is 115 cm³/mol. The van der Waals surface area contributed by atoms with Crippen LogP contribution in [0.3, 0.4) is 0 Å². The molecule has 34 heavy (non-hydrogen) atoms. The van der Waals surface area contributed by atoms with Gasteiger partial charge in [0.25, 0.3) is 17.4 Å². The first kappa shape index (κ1) is 24.4. The molecule has 0 bridgehead atoms. The normalized spacial score (nSPS) is 12.2. The molecule has 0 spiro atoms. The van der Waals surface area contributed by atoms with Crippen molar-refractivity contribution in [2.45, 2.75) is 19.1 Å². The van der Waals surface area contributed by atoms with E-state index in [0.717, 1.165) is 24.3 Å². The van der Waals surface area contributed by atoms with E-state index in [1.165, 1.54) is 38.2 Å². The van der Waals surface area contributed by atoms with Crippen molar-refractivity contribution in [3.8, 4) is 5.69 Å². The first-order chi connectivity index (χ1) is 15.9. The van der Waals surface area contributed by atoms with Crippen molar-refractivity contribution >= 4 is 17.5 Å². The summed E-state index contributed by atoms with van der Waals surface area (Å²) in [6.45, 7) is 1.44. The Hall–Kier alpha value is -4.22. The van der Waals surface area contributed by atoms with Gasteiger partial charge in [-0.15, -0.1) is 0 Å². The number of anilines is 1. The van der Waals surface area contributed by atoms with Crippen LogP contribution in [0.4, 0.5) is 23.2 Å². The summed E-state index contributed by atoms with van der Waals surface area (Å²) in [5.41, 5.74) is 2.78. The summed E-state index contributed by atoms with van der Waals surface area (Å²) < 4.78 is 54.7. The Morgan fingerprint density at radius 3 is 2.44 bits per heavy atom. The smallest absolute Gasteiger partial charge is 0.399 e. The van der Waals surface area contributed by atoms with E-state index in [1.807, 2.05) is 0 Å². The zero-order chi connectivity index (χ0) is 25.2. The van der Waals surface area contributed by atoms with Gasteiger partial charge in [-0.1, -0.05) is 6.07 Å². The van der Waals surface area contributed by atoms with Gasteiger partial charge in [0.2, 0.25) is 0 Å². The summed E-state index contributed by atoms with van der Waals surface area (Å²) in [6, 6.07) is 7.81. The van der Waals surface area contributed by atoms with E-state index >= 15 is 0 Å². The summed E-state index contributed by atoms with van der Waals surface area (Å²) in [5.74, 6) is -2.59. The van der Waals surface area contributed by atoms with Gasteiger partial charge < -0.3 is 16.4 Å². The molecule has 178 valence electrons. The number of carbonyl (C=O) groups excluding carboxylic acids is 2. The lowest BCUT2D eigenvalue weighted by Gasteiger charge is -2.17. The molecule has 3 aromatic rings. The van der Waals surface area contributed by atoms with Crippen molar-refractivity contribution in [2.75, 3.05) is 12.8 Å². The maximum Gasteiger partial charge on any atom is 0.416 e. The standard InChI is InChI=1S/C22H19F4N5O3/c1-11(12-8-13(22(24,25)26)10-14(27)9-12)29-21(34)16-6-7-18(32)31(30-16)17-5-3-4-15(19(17)23)20(33)28-2/h3-11H,27H2,1-2H3,(H,28,33)(H,29,34)/t11-/m1/s1. The van der Waals surface area contributed by atoms with Crippen molar-refractivity contribution in [2.24, 2.45) is 0 Å². The van der Waals surface area contributed by atoms with Crippen LogP contribution in [-0.4, -0.2) is 28.6 Å². The summed E-state index contributed by atoms with van der Waals surface area (Å²) >= 11 is 0. The third-order valence-corrected chi connectivity index (χ3v) is 4.86. The van der Waals surface area contributed by atoms with Crippen molar-refractivity contribution in [1.82, 2.24) is 20.4 Å². The van der Waals surface area contributed by atoms with Crippen LogP contribution in [0.25, 0.3) is 5.69 Å². The number of rotatable bonds is 5. The number of halogens is 4. The molecule has 0 fully saturated rings. The SMILES string of the molecule is CNC(=O)c1cccc(-n2nc(C(=O)N[C@H](C)c3cc(N)cc(C(F)(F)F)c3)ccc2=O)c1F. The first-order valence-corrected chi connectivity index (χ1v) is 9.82. The van der Waals surface area contributed by atoms with E-state index < -0.39 is 41.0 Å². The molecular formula is C22H19F4N5O3. The highest BCUT2D eigenvalue weighted by atomic mass is 19.4. The Kier molecular flexibility index (Phi) is 6.70. The molecule has 0 saturated heterocycles. The maximum absolute atomic E-state index is 14.8. The second-order valence-corrected chi connectivity index (χ2v) is 7.27. The molecule has 0 saturated carbocycles. The Balaban J connectivity index is 1.93. The minimum absolute atomic E-state index is 0.0957. The fourth-order valence-electron chi connectivity index (χ4n) is 3.14. The predicted octanol–water partition coefficient (Wildman–Crippen LogP) is 2.82. The fraction of sp³-hybridized carbons (Fsp3) is 0.182. The van der Waals surface area contributed by atoms with Crippen LogP contribution in [0, 0.1) is 5.82 Å². The lowest BCUT2D eigenvalue weighted by molar-refractivity contribution is -0.137. The number of aromatic nitrogens is 2. The summed E-state index contributed by atoms with van der Waals surface area (Å²) in [6.07, 6.45) is -4.63. The monoisotopic (exact) mass is 477 g/mol. The van der Waals surface area contributed by atoms with E-state index in [-0.39, 0.29) is 28.2 Å². The first-order valence-electron chi connectivity index (χ1n) is 9.82. The molecule has 1 aromatic heterocycles. The zero-order valence-electron chi connectivity index (χ0n) is 17.9. The largest absolute Gasteiger partial charge is 0.416 e. The van der Waals surface area contributed by atoms with Gasteiger partial charge in [0.05, 0.1) is 17.2 Å². The van der Waals surface area contributed by atoms with Crippen molar-refractivity contribution < 1.29 is 27.2 Å². The molecule has 1 atom stereocenters. The van der Waals surface area contributed by atoms with Crippen LogP contribution in [0.15, 0.2) is 53.3 Å². The van der Waals surface area contributed by atoms with Gasteiger partial charge in [0.1, 0.15) is 11.4 Å². The number of carbonyl (C=O) groups is 2. The Morgan fingerprint density at radius 1 is 1.09 bits per heavy atom. The van der Waals surface area contributed by atoms with Crippen LogP contribution < -0.4 is 21.9 Å². The molecule has 0 aliphatic rings. The van der Waals surface area contributed by atoms with E-state index in [9.17, 15) is 31.9 Å². The molecule has 0 aliphatic carbocycles. The second kappa shape index (κ2) is 9.33. The van der Waals surface area contributed by atoms with Gasteiger partial charge in [-0.25, -0.2) is 4.39 Å². The van der Waals surface area contributed by atoms with Crippen LogP contribution in [0.2, 0.25) is 0 Å². The van der Waals surface area contributed by atoms with E-state index in [2.05, 4.69) is 15.7 Å². The van der Waals surface area contributed by atoms with Gasteiger partial charge in [-0.05, 0) is 48.9 Å². The number of alkyl halides is 3. The number of hydrogen-bond donors (Lipinski definition) is 3. The molecule has 4 N–H and O–H groups in total. The van der Waals surface area contributed by atoms with E-state index in [0.29, 0.717) is 4.68 Å². The third-order valence-electron chi connectivity index (χ3n) is 4.86. The Morgan fingerprint density at radius 2 is 1.79 bits per heavy atom. The highest BCUT2D eigenvalue weighted by Gasteiger charge is 2.31. The Labute approximate surface area is 190 Å². The quantitative estimate of drug-likeness (QED) is 0.386. The van der Waals surface area contributed by atoms with Crippen LogP contribution >= 0.6 is 0 Å². The topological polar surface area (TPSA) is 119 Å². The summed E-state index contributed by atoms with van der Waals surface area (Å²) in [7, 11) is 1.31. The summed E-state index contributed by atoms with van der Waals surface area (Å²) in [5, 5.41) is 8.61. The minimum Gasteiger partial charge on any atom is -0.399 e. The average Bonchev–Trinajstić information content (AvgIpc) is 2.78. The second-order valence-electron chi connectivity index (χ2n) is 7.27. The minimum atomic E-state index is -4.63. The molecule has 8 nitrogen and oxygen atoms in total. The number of nitrogens with zero attached hydrogens (tertiary/aromatic N) is 2. The van der Waals surface area contributed by atoms with Crippen molar-refractivity contribution in [1.29, 1.82) is 0 Å². The molecule has 1 heterocycles. The number of nitrogens with one attached hydrogen (secondary N) is 2. The van der Waals surface area contributed by atoms with Gasteiger partial charge in [0.15, 0.2) is 5.82 Å². The molecule has 0 aliphatic heterocycles.